The van der Waals surface area contributed by atoms with Gasteiger partial charge in [-0.3, -0.25) is 4.98 Å². The highest BCUT2D eigenvalue weighted by Crippen LogP contribution is 2.32. The molecule has 7 heteroatoms. The maximum absolute atomic E-state index is 14.6. The number of rotatable bonds is 2. The molecular formula is C20H18FN5O. The summed E-state index contributed by atoms with van der Waals surface area (Å²) >= 11 is 0. The molecule has 0 radical (unpaired) electrons. The number of benzene rings is 2. The van der Waals surface area contributed by atoms with Crippen LogP contribution in [0.2, 0.25) is 0 Å². The number of para-hydroxylation sites is 1. The first-order chi connectivity index (χ1) is 13.2. The number of hydrogen-bond acceptors (Lipinski definition) is 5. The lowest BCUT2D eigenvalue weighted by Gasteiger charge is -2.29. The second-order valence-corrected chi connectivity index (χ2v) is 6.61. The summed E-state index contributed by atoms with van der Waals surface area (Å²) in [6.45, 7) is 2.54. The second-order valence-electron chi connectivity index (χ2n) is 6.61. The summed E-state index contributed by atoms with van der Waals surface area (Å²) in [7, 11) is 0. The van der Waals surface area contributed by atoms with Gasteiger partial charge in [-0.1, -0.05) is 18.2 Å². The summed E-state index contributed by atoms with van der Waals surface area (Å²) in [5.74, 6) is 0.309. The number of nitrogens with zero attached hydrogens (tertiary/aromatic N) is 3. The Bertz CT molecular complexity index is 1150. The van der Waals surface area contributed by atoms with Gasteiger partial charge in [-0.05, 0) is 12.1 Å². The summed E-state index contributed by atoms with van der Waals surface area (Å²) < 4.78 is 20.0. The average molecular weight is 363 g/mol. The molecule has 6 nitrogen and oxygen atoms in total. The number of H-pyrrole nitrogens is 1. The normalized spacial score (nSPS) is 14.9. The Morgan fingerprint density at radius 2 is 1.93 bits per heavy atom. The Kier molecular flexibility index (Phi) is 3.68. The van der Waals surface area contributed by atoms with E-state index in [0.29, 0.717) is 60.1 Å². The third-order valence-corrected chi connectivity index (χ3v) is 4.97. The highest BCUT2D eigenvalue weighted by atomic mass is 19.1. The molecule has 1 fully saturated rings. The Balaban J connectivity index is 1.62. The van der Waals surface area contributed by atoms with E-state index in [0.717, 1.165) is 10.9 Å². The van der Waals surface area contributed by atoms with Crippen molar-refractivity contribution in [3.05, 3.63) is 48.4 Å². The van der Waals surface area contributed by atoms with Gasteiger partial charge in [0.1, 0.15) is 11.6 Å². The van der Waals surface area contributed by atoms with Crippen molar-refractivity contribution in [1.82, 2.24) is 15.0 Å². The molecule has 4 aromatic rings. The van der Waals surface area contributed by atoms with Gasteiger partial charge in [0.05, 0.1) is 46.7 Å². The lowest BCUT2D eigenvalue weighted by Crippen LogP contribution is -2.36. The summed E-state index contributed by atoms with van der Waals surface area (Å²) in [5, 5.41) is 0.871. The number of aromatic nitrogens is 3. The molecule has 0 aliphatic carbocycles. The molecule has 27 heavy (non-hydrogen) atoms. The number of aromatic amines is 1. The van der Waals surface area contributed by atoms with E-state index in [4.69, 9.17) is 10.5 Å². The van der Waals surface area contributed by atoms with Crippen LogP contribution in [0.5, 0.6) is 0 Å². The number of nitrogen functional groups attached to an aromatic ring is 1. The molecule has 1 aliphatic heterocycles. The maximum atomic E-state index is 14.6. The van der Waals surface area contributed by atoms with E-state index in [1.807, 2.05) is 29.2 Å². The molecule has 136 valence electrons. The van der Waals surface area contributed by atoms with Crippen LogP contribution in [0.25, 0.3) is 33.3 Å². The Labute approximate surface area is 154 Å². The molecule has 0 bridgehead atoms. The summed E-state index contributed by atoms with van der Waals surface area (Å²) in [4.78, 5) is 14.3. The molecule has 2 aromatic carbocycles. The summed E-state index contributed by atoms with van der Waals surface area (Å²) in [6, 6.07) is 11.0. The van der Waals surface area contributed by atoms with Gasteiger partial charge in [-0.25, -0.2) is 9.37 Å². The van der Waals surface area contributed by atoms with Crippen LogP contribution in [0, 0.1) is 5.82 Å². The molecule has 3 N–H and O–H groups in total. The van der Waals surface area contributed by atoms with Gasteiger partial charge in [0.25, 0.3) is 0 Å². The van der Waals surface area contributed by atoms with Gasteiger partial charge in [0, 0.05) is 30.7 Å². The number of pyridine rings is 1. The van der Waals surface area contributed by atoms with E-state index in [-0.39, 0.29) is 5.82 Å². The van der Waals surface area contributed by atoms with E-state index in [9.17, 15) is 4.39 Å². The number of ether oxygens (including phenoxy) is 1. The molecule has 0 amide bonds. The van der Waals surface area contributed by atoms with Gasteiger partial charge < -0.3 is 20.4 Å². The zero-order valence-electron chi connectivity index (χ0n) is 14.6. The zero-order chi connectivity index (χ0) is 18.4. The van der Waals surface area contributed by atoms with Crippen molar-refractivity contribution < 1.29 is 9.13 Å². The fourth-order valence-electron chi connectivity index (χ4n) is 3.54. The second kappa shape index (κ2) is 6.21. The highest BCUT2D eigenvalue weighted by molar-refractivity contribution is 5.97. The Hall–Kier alpha value is -3.19. The van der Waals surface area contributed by atoms with Crippen LogP contribution >= 0.6 is 0 Å². The third-order valence-electron chi connectivity index (χ3n) is 4.97. The van der Waals surface area contributed by atoms with Gasteiger partial charge >= 0.3 is 0 Å². The number of morpholine rings is 1. The van der Waals surface area contributed by atoms with Crippen LogP contribution in [0.3, 0.4) is 0 Å². The van der Waals surface area contributed by atoms with E-state index in [1.54, 1.807) is 12.3 Å². The molecule has 1 saturated heterocycles. The smallest absolute Gasteiger partial charge is 0.148 e. The fourth-order valence-corrected chi connectivity index (χ4v) is 3.54. The van der Waals surface area contributed by atoms with Crippen LogP contribution in [0.15, 0.2) is 42.6 Å². The molecule has 0 atom stereocenters. The SMILES string of the molecule is Nc1c(-c2nc3cc(N4CCOCC4)c(F)cc3[nH]2)cnc2ccccc12. The first kappa shape index (κ1) is 16.0. The van der Waals surface area contributed by atoms with Crippen molar-refractivity contribution in [3.8, 4) is 11.4 Å². The van der Waals surface area contributed by atoms with Crippen LogP contribution in [0.4, 0.5) is 15.8 Å². The van der Waals surface area contributed by atoms with Gasteiger partial charge in [0.15, 0.2) is 0 Å². The van der Waals surface area contributed by atoms with Crippen molar-refractivity contribution >= 4 is 33.3 Å². The monoisotopic (exact) mass is 363 g/mol. The zero-order valence-corrected chi connectivity index (χ0v) is 14.6. The van der Waals surface area contributed by atoms with Crippen molar-refractivity contribution in [2.75, 3.05) is 36.9 Å². The molecular weight excluding hydrogens is 345 g/mol. The average Bonchev–Trinajstić information content (AvgIpc) is 3.11. The highest BCUT2D eigenvalue weighted by Gasteiger charge is 2.18. The molecule has 2 aromatic heterocycles. The van der Waals surface area contributed by atoms with Gasteiger partial charge in [0.2, 0.25) is 0 Å². The first-order valence-electron chi connectivity index (χ1n) is 8.86. The molecule has 1 aliphatic rings. The van der Waals surface area contributed by atoms with E-state index >= 15 is 0 Å². The number of anilines is 2. The standard InChI is InChI=1S/C20H18FN5O/c21-14-9-16-17(10-18(14)26-5-7-27-8-6-26)25-20(24-16)13-11-23-15-4-2-1-3-12(15)19(13)22/h1-4,9-11H,5-8H2,(H2,22,23)(H,24,25). The Morgan fingerprint density at radius 1 is 1.11 bits per heavy atom. The largest absolute Gasteiger partial charge is 0.398 e. The van der Waals surface area contributed by atoms with Crippen molar-refractivity contribution in [3.63, 3.8) is 0 Å². The van der Waals surface area contributed by atoms with Crippen LogP contribution in [-0.4, -0.2) is 41.3 Å². The summed E-state index contributed by atoms with van der Waals surface area (Å²) in [6.07, 6.45) is 1.70. The Morgan fingerprint density at radius 3 is 2.78 bits per heavy atom. The van der Waals surface area contributed by atoms with Crippen LogP contribution in [-0.2, 0) is 4.74 Å². The van der Waals surface area contributed by atoms with Crippen molar-refractivity contribution in [1.29, 1.82) is 0 Å². The molecule has 3 heterocycles. The molecule has 0 saturated carbocycles. The van der Waals surface area contributed by atoms with E-state index in [2.05, 4.69) is 15.0 Å². The molecule has 5 rings (SSSR count). The van der Waals surface area contributed by atoms with Crippen LogP contribution in [0.1, 0.15) is 0 Å². The number of nitrogens with one attached hydrogen (secondary N) is 1. The fraction of sp³-hybridized carbons (Fsp3) is 0.200. The van der Waals surface area contributed by atoms with Crippen molar-refractivity contribution in [2.45, 2.75) is 0 Å². The molecule has 0 spiro atoms. The predicted molar refractivity (Wildman–Crippen MR) is 104 cm³/mol. The lowest BCUT2D eigenvalue weighted by atomic mass is 10.1. The maximum Gasteiger partial charge on any atom is 0.148 e. The topological polar surface area (TPSA) is 80.1 Å². The molecule has 0 unspecified atom stereocenters. The number of halogens is 1. The summed E-state index contributed by atoms with van der Waals surface area (Å²) in [5.41, 5.74) is 10.4. The minimum Gasteiger partial charge on any atom is -0.398 e. The van der Waals surface area contributed by atoms with E-state index in [1.165, 1.54) is 6.07 Å². The predicted octanol–water partition coefficient (Wildman–Crippen LogP) is 3.34. The quantitative estimate of drug-likeness (QED) is 0.571. The number of nitrogens with two attached hydrogens (primary N) is 1. The third kappa shape index (κ3) is 2.67. The minimum atomic E-state index is -0.274. The number of hydrogen-bond donors (Lipinski definition) is 2. The van der Waals surface area contributed by atoms with Gasteiger partial charge in [-0.15, -0.1) is 0 Å². The first-order valence-corrected chi connectivity index (χ1v) is 8.86. The lowest BCUT2D eigenvalue weighted by molar-refractivity contribution is 0.122. The minimum absolute atomic E-state index is 0.274. The van der Waals surface area contributed by atoms with E-state index < -0.39 is 0 Å². The number of fused-ring (bicyclic) bond motifs is 2. The van der Waals surface area contributed by atoms with Crippen LogP contribution < -0.4 is 10.6 Å². The number of imidazole rings is 1. The van der Waals surface area contributed by atoms with Gasteiger partial charge in [-0.2, -0.15) is 0 Å². The van der Waals surface area contributed by atoms with Crippen molar-refractivity contribution in [2.24, 2.45) is 0 Å².